The largest absolute Gasteiger partial charge is 0.461 e. The van der Waals surface area contributed by atoms with E-state index in [1.54, 1.807) is 12.2 Å². The minimum atomic E-state index is -0.289. The molecule has 0 radical (unpaired) electrons. The first-order chi connectivity index (χ1) is 17.8. The summed E-state index contributed by atoms with van der Waals surface area (Å²) in [6.07, 6.45) is 6.00. The van der Waals surface area contributed by atoms with E-state index in [9.17, 15) is 9.59 Å². The molecule has 0 saturated carbocycles. The maximum atomic E-state index is 12.6. The van der Waals surface area contributed by atoms with Crippen LogP contribution >= 0.6 is 0 Å². The van der Waals surface area contributed by atoms with Crippen LogP contribution in [-0.2, 0) is 20.9 Å². The lowest BCUT2D eigenvalue weighted by atomic mass is 9.86. The van der Waals surface area contributed by atoms with E-state index in [1.807, 2.05) is 36.4 Å². The van der Waals surface area contributed by atoms with Gasteiger partial charge < -0.3 is 9.47 Å². The van der Waals surface area contributed by atoms with Crippen molar-refractivity contribution in [3.05, 3.63) is 90.5 Å². The fourth-order valence-electron chi connectivity index (χ4n) is 4.48. The molecule has 0 fully saturated rings. The number of ether oxygens (including phenoxy) is 2. The number of carbonyl (C=O) groups excluding carboxylic acids is 2. The van der Waals surface area contributed by atoms with Crippen LogP contribution in [0.5, 0.6) is 5.75 Å². The molecule has 0 bridgehead atoms. The van der Waals surface area contributed by atoms with E-state index in [-0.39, 0.29) is 30.9 Å². The van der Waals surface area contributed by atoms with Gasteiger partial charge in [0, 0.05) is 36.4 Å². The standard InChI is InChI=1S/C32H43NO4/c1-7-9-16-31(34)36-23-26-18-19-30(37-32(35)17-10-8-2)29(22-26)28(27-14-12-11-13-15-27)20-21-33(24(3)4)25(5)6/h7-8,11-15,18-19,22,24-25,28H,1-2,9-10,16-17,20-21,23H2,3-6H3. The van der Waals surface area contributed by atoms with Crippen LogP contribution < -0.4 is 4.74 Å². The second kappa shape index (κ2) is 15.8. The first kappa shape index (κ1) is 30.0. The van der Waals surface area contributed by atoms with Gasteiger partial charge >= 0.3 is 11.9 Å². The molecule has 5 nitrogen and oxygen atoms in total. The highest BCUT2D eigenvalue weighted by Gasteiger charge is 2.23. The molecule has 2 aromatic rings. The Hall–Kier alpha value is -3.18. The molecule has 0 spiro atoms. The smallest absolute Gasteiger partial charge is 0.311 e. The Bertz CT molecular complexity index is 1000. The first-order valence-electron chi connectivity index (χ1n) is 13.3. The molecule has 0 aromatic heterocycles. The predicted octanol–water partition coefficient (Wildman–Crippen LogP) is 7.21. The molecule has 0 heterocycles. The van der Waals surface area contributed by atoms with Crippen molar-refractivity contribution in [1.82, 2.24) is 4.90 Å². The number of benzene rings is 2. The Morgan fingerprint density at radius 2 is 1.51 bits per heavy atom. The lowest BCUT2D eigenvalue weighted by Crippen LogP contribution is -2.38. The van der Waals surface area contributed by atoms with Crippen molar-refractivity contribution in [1.29, 1.82) is 0 Å². The van der Waals surface area contributed by atoms with Gasteiger partial charge in [-0.3, -0.25) is 14.5 Å². The lowest BCUT2D eigenvalue weighted by molar-refractivity contribution is -0.144. The molecule has 5 heteroatoms. The number of esters is 2. The molecule has 0 aliphatic heterocycles. The maximum absolute atomic E-state index is 12.6. The summed E-state index contributed by atoms with van der Waals surface area (Å²) in [6.45, 7) is 17.3. The van der Waals surface area contributed by atoms with E-state index in [4.69, 9.17) is 9.47 Å². The van der Waals surface area contributed by atoms with Gasteiger partial charge in [-0.15, -0.1) is 13.2 Å². The van der Waals surface area contributed by atoms with E-state index in [2.05, 4.69) is 57.9 Å². The third-order valence-electron chi connectivity index (χ3n) is 6.38. The van der Waals surface area contributed by atoms with Crippen molar-refractivity contribution >= 4 is 11.9 Å². The SMILES string of the molecule is C=CCCC(=O)OCc1ccc(OC(=O)CCC=C)c(C(CCN(C(C)C)C(C)C)c2ccccc2)c1. The van der Waals surface area contributed by atoms with Gasteiger partial charge in [0.05, 0.1) is 0 Å². The fraction of sp³-hybridized carbons (Fsp3) is 0.438. The summed E-state index contributed by atoms with van der Waals surface area (Å²) < 4.78 is 11.4. The van der Waals surface area contributed by atoms with Crippen molar-refractivity contribution in [2.45, 2.75) is 84.4 Å². The molecule has 0 aliphatic rings. The van der Waals surface area contributed by atoms with Crippen LogP contribution in [0.15, 0.2) is 73.8 Å². The van der Waals surface area contributed by atoms with Crippen LogP contribution in [0.2, 0.25) is 0 Å². The molecule has 1 atom stereocenters. The summed E-state index contributed by atoms with van der Waals surface area (Å²) in [7, 11) is 0. The minimum absolute atomic E-state index is 0.000165. The summed E-state index contributed by atoms with van der Waals surface area (Å²) in [5, 5.41) is 0. The molecule has 0 aliphatic carbocycles. The third kappa shape index (κ3) is 10.0. The highest BCUT2D eigenvalue weighted by Crippen LogP contribution is 2.36. The highest BCUT2D eigenvalue weighted by molar-refractivity contribution is 5.73. The first-order valence-corrected chi connectivity index (χ1v) is 13.3. The fourth-order valence-corrected chi connectivity index (χ4v) is 4.48. The summed E-state index contributed by atoms with van der Waals surface area (Å²) in [5.41, 5.74) is 2.93. The average Bonchev–Trinajstić information content (AvgIpc) is 2.88. The van der Waals surface area contributed by atoms with Gasteiger partial charge in [-0.25, -0.2) is 0 Å². The normalized spacial score (nSPS) is 12.0. The summed E-state index contributed by atoms with van der Waals surface area (Å²) in [5.74, 6) is -0.00170. The van der Waals surface area contributed by atoms with Crippen LogP contribution in [0.25, 0.3) is 0 Å². The van der Waals surface area contributed by atoms with E-state index in [1.165, 1.54) is 0 Å². The van der Waals surface area contributed by atoms with Crippen LogP contribution in [0.3, 0.4) is 0 Å². The Morgan fingerprint density at radius 1 is 0.892 bits per heavy atom. The zero-order valence-corrected chi connectivity index (χ0v) is 22.9. The van der Waals surface area contributed by atoms with Crippen molar-refractivity contribution in [2.24, 2.45) is 0 Å². The van der Waals surface area contributed by atoms with Gasteiger partial charge in [-0.1, -0.05) is 48.6 Å². The van der Waals surface area contributed by atoms with E-state index < -0.39 is 0 Å². The number of hydrogen-bond donors (Lipinski definition) is 0. The topological polar surface area (TPSA) is 55.8 Å². The molecule has 2 rings (SSSR count). The number of carbonyl (C=O) groups is 2. The van der Waals surface area contributed by atoms with Gasteiger partial charge in [0.25, 0.3) is 0 Å². The Morgan fingerprint density at radius 3 is 2.11 bits per heavy atom. The van der Waals surface area contributed by atoms with Crippen LogP contribution in [0.1, 0.15) is 82.4 Å². The second-order valence-electron chi connectivity index (χ2n) is 9.84. The van der Waals surface area contributed by atoms with E-state index >= 15 is 0 Å². The highest BCUT2D eigenvalue weighted by atomic mass is 16.5. The van der Waals surface area contributed by atoms with Crippen LogP contribution in [0, 0.1) is 0 Å². The predicted molar refractivity (Wildman–Crippen MR) is 151 cm³/mol. The Labute approximate surface area is 223 Å². The zero-order chi connectivity index (χ0) is 27.2. The van der Waals surface area contributed by atoms with Crippen molar-refractivity contribution in [3.63, 3.8) is 0 Å². The number of rotatable bonds is 16. The summed E-state index contributed by atoms with van der Waals surface area (Å²) in [6, 6.07) is 16.8. The summed E-state index contributed by atoms with van der Waals surface area (Å²) in [4.78, 5) is 27.1. The average molecular weight is 506 g/mol. The Kier molecular flexibility index (Phi) is 12.9. The third-order valence-corrected chi connectivity index (χ3v) is 6.38. The second-order valence-corrected chi connectivity index (χ2v) is 9.84. The zero-order valence-electron chi connectivity index (χ0n) is 22.9. The van der Waals surface area contributed by atoms with Gasteiger partial charge in [0.2, 0.25) is 0 Å². The molecule has 1 unspecified atom stereocenters. The molecule has 2 aromatic carbocycles. The van der Waals surface area contributed by atoms with E-state index in [0.717, 1.165) is 29.7 Å². The van der Waals surface area contributed by atoms with Crippen molar-refractivity contribution < 1.29 is 19.1 Å². The van der Waals surface area contributed by atoms with Crippen LogP contribution in [0.4, 0.5) is 0 Å². The van der Waals surface area contributed by atoms with Gasteiger partial charge in [-0.2, -0.15) is 0 Å². The molecule has 0 amide bonds. The van der Waals surface area contributed by atoms with Crippen molar-refractivity contribution in [3.8, 4) is 5.75 Å². The van der Waals surface area contributed by atoms with Crippen molar-refractivity contribution in [2.75, 3.05) is 6.54 Å². The lowest BCUT2D eigenvalue weighted by Gasteiger charge is -2.32. The van der Waals surface area contributed by atoms with Gasteiger partial charge in [0.1, 0.15) is 12.4 Å². The Balaban J connectivity index is 2.44. The molecule has 37 heavy (non-hydrogen) atoms. The van der Waals surface area contributed by atoms with Gasteiger partial charge in [0.15, 0.2) is 0 Å². The molecule has 200 valence electrons. The summed E-state index contributed by atoms with van der Waals surface area (Å²) >= 11 is 0. The molecule has 0 saturated heterocycles. The van der Waals surface area contributed by atoms with Gasteiger partial charge in [-0.05, 0) is 76.8 Å². The maximum Gasteiger partial charge on any atom is 0.311 e. The molecular formula is C32H43NO4. The van der Waals surface area contributed by atoms with E-state index in [0.29, 0.717) is 37.1 Å². The quantitative estimate of drug-likeness (QED) is 0.137. The molecule has 0 N–H and O–H groups in total. The number of allylic oxidation sites excluding steroid dienone is 2. The number of nitrogens with zero attached hydrogens (tertiary/aromatic N) is 1. The number of hydrogen-bond acceptors (Lipinski definition) is 5. The monoisotopic (exact) mass is 505 g/mol. The van der Waals surface area contributed by atoms with Crippen LogP contribution in [-0.4, -0.2) is 35.5 Å². The minimum Gasteiger partial charge on any atom is -0.461 e. The molecular weight excluding hydrogens is 462 g/mol.